The van der Waals surface area contributed by atoms with Gasteiger partial charge in [-0.05, 0) is 122 Å². The standard InChI is InChI=1S/C64H42N2S/c1-2-13-43(14-3-1)48-16-10-17-49(41-48)44-27-34-51(35-28-44)65(53-38-31-47(32-39-53)56-23-12-24-59-60-40-33-46-15-4-5-20-55(46)64(60)67-63(56)59)52-36-29-45(30-37-52)50-18-11-19-54(42-50)66-61-25-8-6-21-57(61)58-22-7-9-26-62(58)66/h1-42H. The first-order valence-electron chi connectivity index (χ1n) is 22.9. The lowest BCUT2D eigenvalue weighted by Crippen LogP contribution is -2.09. The van der Waals surface area contributed by atoms with Crippen LogP contribution in [0, 0.1) is 0 Å². The average molecular weight is 871 g/mol. The van der Waals surface area contributed by atoms with E-state index in [-0.39, 0.29) is 0 Å². The Balaban J connectivity index is 0.881. The van der Waals surface area contributed by atoms with E-state index in [0.29, 0.717) is 0 Å². The molecule has 2 aromatic heterocycles. The molecule has 0 N–H and O–H groups in total. The van der Waals surface area contributed by atoms with Gasteiger partial charge < -0.3 is 9.47 Å². The number of thiophene rings is 1. The van der Waals surface area contributed by atoms with Crippen LogP contribution >= 0.6 is 11.3 Å². The number of anilines is 3. The summed E-state index contributed by atoms with van der Waals surface area (Å²) < 4.78 is 5.06. The molecule has 0 aliphatic rings. The van der Waals surface area contributed by atoms with Crippen molar-refractivity contribution in [3.8, 4) is 50.2 Å². The number of nitrogens with zero attached hydrogens (tertiary/aromatic N) is 2. The predicted octanol–water partition coefficient (Wildman–Crippen LogP) is 18.4. The van der Waals surface area contributed by atoms with E-state index < -0.39 is 0 Å². The molecule has 0 atom stereocenters. The fraction of sp³-hybridized carbons (Fsp3) is 0. The Morgan fingerprint density at radius 2 is 0.746 bits per heavy atom. The van der Waals surface area contributed by atoms with Crippen molar-refractivity contribution >= 4 is 81.1 Å². The third-order valence-corrected chi connectivity index (χ3v) is 14.7. The zero-order valence-electron chi connectivity index (χ0n) is 36.6. The quantitative estimate of drug-likeness (QED) is 0.148. The number of fused-ring (bicyclic) bond motifs is 8. The number of aromatic nitrogens is 1. The summed E-state index contributed by atoms with van der Waals surface area (Å²) in [7, 11) is 0. The van der Waals surface area contributed by atoms with Crippen LogP contribution in [-0.4, -0.2) is 4.57 Å². The van der Waals surface area contributed by atoms with E-state index in [1.165, 1.54) is 97.3 Å². The molecule has 0 aliphatic carbocycles. The second-order valence-corrected chi connectivity index (χ2v) is 18.3. The van der Waals surface area contributed by atoms with Gasteiger partial charge in [0.15, 0.2) is 0 Å². The fourth-order valence-corrected chi connectivity index (χ4v) is 11.5. The maximum atomic E-state index is 2.39. The van der Waals surface area contributed by atoms with Gasteiger partial charge in [0.2, 0.25) is 0 Å². The largest absolute Gasteiger partial charge is 0.311 e. The summed E-state index contributed by atoms with van der Waals surface area (Å²) in [5.74, 6) is 0. The molecule has 0 saturated carbocycles. The van der Waals surface area contributed by atoms with Crippen LogP contribution in [0.1, 0.15) is 0 Å². The van der Waals surface area contributed by atoms with Crippen molar-refractivity contribution in [1.82, 2.24) is 4.57 Å². The van der Waals surface area contributed by atoms with Crippen LogP contribution in [0.2, 0.25) is 0 Å². The highest BCUT2D eigenvalue weighted by molar-refractivity contribution is 7.27. The number of hydrogen-bond acceptors (Lipinski definition) is 2. The Kier molecular flexibility index (Phi) is 9.40. The Morgan fingerprint density at radius 1 is 0.284 bits per heavy atom. The minimum absolute atomic E-state index is 1.09. The van der Waals surface area contributed by atoms with Crippen LogP contribution in [0.25, 0.3) is 103 Å². The lowest BCUT2D eigenvalue weighted by Gasteiger charge is -2.26. The molecule has 0 fully saturated rings. The molecule has 0 unspecified atom stereocenters. The van der Waals surface area contributed by atoms with Gasteiger partial charge in [0.05, 0.1) is 11.0 Å². The summed E-state index contributed by atoms with van der Waals surface area (Å²) in [6, 6.07) is 93.0. The first kappa shape index (κ1) is 38.9. The predicted molar refractivity (Wildman–Crippen MR) is 288 cm³/mol. The van der Waals surface area contributed by atoms with Gasteiger partial charge >= 0.3 is 0 Å². The van der Waals surface area contributed by atoms with E-state index >= 15 is 0 Å². The Bertz CT molecular complexity index is 3900. The first-order valence-corrected chi connectivity index (χ1v) is 23.7. The minimum Gasteiger partial charge on any atom is -0.311 e. The number of hydrogen-bond donors (Lipinski definition) is 0. The topological polar surface area (TPSA) is 8.17 Å². The molecule has 0 saturated heterocycles. The molecule has 2 nitrogen and oxygen atoms in total. The maximum absolute atomic E-state index is 2.39. The van der Waals surface area contributed by atoms with Crippen molar-refractivity contribution < 1.29 is 0 Å². The zero-order chi connectivity index (χ0) is 44.3. The summed E-state index contributed by atoms with van der Waals surface area (Å²) in [4.78, 5) is 2.37. The van der Waals surface area contributed by atoms with Gasteiger partial charge in [-0.25, -0.2) is 0 Å². The smallest absolute Gasteiger partial charge is 0.0541 e. The maximum Gasteiger partial charge on any atom is 0.0541 e. The third-order valence-electron chi connectivity index (χ3n) is 13.4. The summed E-state index contributed by atoms with van der Waals surface area (Å²) in [6.07, 6.45) is 0. The third kappa shape index (κ3) is 6.79. The molecule has 0 amide bonds. The molecule has 314 valence electrons. The van der Waals surface area contributed by atoms with Crippen molar-refractivity contribution in [2.24, 2.45) is 0 Å². The van der Waals surface area contributed by atoms with Crippen molar-refractivity contribution in [3.05, 3.63) is 255 Å². The Morgan fingerprint density at radius 3 is 1.39 bits per heavy atom. The van der Waals surface area contributed by atoms with Gasteiger partial charge in [-0.3, -0.25) is 0 Å². The molecule has 0 spiro atoms. The Hall–Kier alpha value is -8.50. The van der Waals surface area contributed by atoms with E-state index in [2.05, 4.69) is 264 Å². The minimum atomic E-state index is 1.09. The van der Waals surface area contributed by atoms with Gasteiger partial charge in [-0.2, -0.15) is 0 Å². The fourth-order valence-electron chi connectivity index (χ4n) is 10.1. The molecule has 0 radical (unpaired) electrons. The monoisotopic (exact) mass is 870 g/mol. The van der Waals surface area contributed by atoms with Crippen LogP contribution in [-0.2, 0) is 0 Å². The summed E-state index contributed by atoms with van der Waals surface area (Å²) in [5.41, 5.74) is 16.5. The van der Waals surface area contributed by atoms with Gasteiger partial charge in [0.25, 0.3) is 0 Å². The highest BCUT2D eigenvalue weighted by Gasteiger charge is 2.17. The highest BCUT2D eigenvalue weighted by atomic mass is 32.1. The Labute approximate surface area is 393 Å². The van der Waals surface area contributed by atoms with Crippen LogP contribution in [0.4, 0.5) is 17.1 Å². The van der Waals surface area contributed by atoms with Crippen LogP contribution in [0.3, 0.4) is 0 Å². The number of benzene rings is 11. The molecule has 2 heterocycles. The SMILES string of the molecule is c1ccc(-c2cccc(-c3ccc(N(c4ccc(-c5cccc(-n6c7ccccc7c7ccccc76)c5)cc4)c4ccc(-c5cccc6c5sc5c7ccccc7ccc65)cc4)cc3)c2)cc1. The van der Waals surface area contributed by atoms with Gasteiger partial charge in [0, 0.05) is 53.7 Å². The van der Waals surface area contributed by atoms with E-state index in [1.54, 1.807) is 0 Å². The lowest BCUT2D eigenvalue weighted by atomic mass is 9.98. The van der Waals surface area contributed by atoms with E-state index in [9.17, 15) is 0 Å². The molecule has 67 heavy (non-hydrogen) atoms. The molecule has 13 rings (SSSR count). The second kappa shape index (κ2) is 16.2. The molecule has 0 bridgehead atoms. The molecule has 11 aromatic carbocycles. The first-order chi connectivity index (χ1) is 33.2. The molecular formula is C64H42N2S. The van der Waals surface area contributed by atoms with Gasteiger partial charge in [-0.1, -0.05) is 188 Å². The second-order valence-electron chi connectivity index (χ2n) is 17.3. The van der Waals surface area contributed by atoms with Crippen molar-refractivity contribution in [2.45, 2.75) is 0 Å². The van der Waals surface area contributed by atoms with Crippen molar-refractivity contribution in [3.63, 3.8) is 0 Å². The molecule has 0 aliphatic heterocycles. The lowest BCUT2D eigenvalue weighted by molar-refractivity contribution is 1.18. The summed E-state index contributed by atoms with van der Waals surface area (Å²) >= 11 is 1.90. The van der Waals surface area contributed by atoms with Crippen LogP contribution in [0.15, 0.2) is 255 Å². The zero-order valence-corrected chi connectivity index (χ0v) is 37.4. The average Bonchev–Trinajstić information content (AvgIpc) is 3.96. The van der Waals surface area contributed by atoms with E-state index in [1.807, 2.05) is 11.3 Å². The van der Waals surface area contributed by atoms with Crippen molar-refractivity contribution in [1.29, 1.82) is 0 Å². The summed E-state index contributed by atoms with van der Waals surface area (Å²) in [6.45, 7) is 0. The van der Waals surface area contributed by atoms with Crippen LogP contribution < -0.4 is 4.90 Å². The van der Waals surface area contributed by atoms with Crippen molar-refractivity contribution in [2.75, 3.05) is 4.90 Å². The number of rotatable bonds is 8. The van der Waals surface area contributed by atoms with E-state index in [0.717, 1.165) is 22.7 Å². The highest BCUT2D eigenvalue weighted by Crippen LogP contribution is 2.44. The molecular weight excluding hydrogens is 829 g/mol. The molecule has 3 heteroatoms. The van der Waals surface area contributed by atoms with E-state index in [4.69, 9.17) is 0 Å². The van der Waals surface area contributed by atoms with Gasteiger partial charge in [0.1, 0.15) is 0 Å². The molecule has 13 aromatic rings. The van der Waals surface area contributed by atoms with Gasteiger partial charge in [-0.15, -0.1) is 11.3 Å². The van der Waals surface area contributed by atoms with Crippen LogP contribution in [0.5, 0.6) is 0 Å². The summed E-state index contributed by atoms with van der Waals surface area (Å²) in [5, 5.41) is 7.75. The number of para-hydroxylation sites is 2. The normalized spacial score (nSPS) is 11.6.